The second-order valence-corrected chi connectivity index (χ2v) is 1.51. The fourth-order valence-electron chi connectivity index (χ4n) is 0.257. The van der Waals surface area contributed by atoms with E-state index in [4.69, 9.17) is 5.11 Å². The molecule has 5 heteroatoms. The number of hydrogen-bond acceptors (Lipinski definition) is 3. The molecule has 1 N–H and O–H groups in total. The maximum absolute atomic E-state index is 9.84. The van der Waals surface area contributed by atoms with E-state index in [1.165, 1.54) is 7.11 Å². The predicted octanol–water partition coefficient (Wildman–Crippen LogP) is 0.0775. The van der Waals surface area contributed by atoms with Gasteiger partial charge in [0, 0.05) is 26.6 Å². The van der Waals surface area contributed by atoms with Crippen molar-refractivity contribution in [2.75, 3.05) is 13.7 Å². The van der Waals surface area contributed by atoms with Gasteiger partial charge in [-0.25, -0.2) is 4.79 Å². The molecule has 0 fully saturated rings. The molecule has 1 atom stereocenters. The quantitative estimate of drug-likeness (QED) is 0.515. The van der Waals surface area contributed by atoms with Gasteiger partial charge in [0.05, 0.1) is 0 Å². The summed E-state index contributed by atoms with van der Waals surface area (Å²) in [5.41, 5.74) is 0. The third-order valence-electron chi connectivity index (χ3n) is 0.773. The van der Waals surface area contributed by atoms with Crippen LogP contribution in [0.1, 0.15) is 6.92 Å². The van der Waals surface area contributed by atoms with E-state index in [1.54, 1.807) is 6.92 Å². The normalized spacial score (nSPS) is 11.8. The number of carbonyl (C=O) groups is 1. The standard InChI is InChI=1S/C5H10O4.Zn/c1-4(8-2)9-3-5(6)7;/h4H,3H2,1-2H3,(H,6,7);. The van der Waals surface area contributed by atoms with Crippen LogP contribution >= 0.6 is 0 Å². The number of aliphatic carboxylic acids is 1. The number of methoxy groups -OCH3 is 1. The average Bonchev–Trinajstić information content (AvgIpc) is 1.83. The molecule has 0 aliphatic carbocycles. The zero-order valence-electron chi connectivity index (χ0n) is 6.16. The molecule has 0 spiro atoms. The van der Waals surface area contributed by atoms with Gasteiger partial charge in [0.1, 0.15) is 6.61 Å². The largest absolute Gasteiger partial charge is 0.480 e. The van der Waals surface area contributed by atoms with E-state index in [2.05, 4.69) is 9.47 Å². The van der Waals surface area contributed by atoms with Crippen LogP contribution in [0.2, 0.25) is 0 Å². The van der Waals surface area contributed by atoms with E-state index in [-0.39, 0.29) is 26.1 Å². The summed E-state index contributed by atoms with van der Waals surface area (Å²) in [6.07, 6.45) is -0.443. The molecule has 56 valence electrons. The number of carboxylic acid groups (broad SMARTS) is 1. The summed E-state index contributed by atoms with van der Waals surface area (Å²) in [7, 11) is 1.45. The van der Waals surface area contributed by atoms with Crippen molar-refractivity contribution in [3.63, 3.8) is 0 Å². The summed E-state index contributed by atoms with van der Waals surface area (Å²) >= 11 is 0. The SMILES string of the molecule is COC(C)OCC(=O)O.[Zn]. The zero-order valence-corrected chi connectivity index (χ0v) is 9.13. The van der Waals surface area contributed by atoms with Crippen molar-refractivity contribution in [2.45, 2.75) is 13.2 Å². The molecule has 0 bridgehead atoms. The van der Waals surface area contributed by atoms with Crippen molar-refractivity contribution in [3.8, 4) is 0 Å². The smallest absolute Gasteiger partial charge is 0.329 e. The van der Waals surface area contributed by atoms with E-state index in [0.717, 1.165) is 0 Å². The van der Waals surface area contributed by atoms with Gasteiger partial charge in [-0.1, -0.05) is 0 Å². The van der Waals surface area contributed by atoms with Gasteiger partial charge in [-0.15, -0.1) is 0 Å². The Morgan fingerprint density at radius 2 is 2.20 bits per heavy atom. The average molecular weight is 200 g/mol. The summed E-state index contributed by atoms with van der Waals surface area (Å²) < 4.78 is 9.25. The summed E-state index contributed by atoms with van der Waals surface area (Å²) in [5, 5.41) is 8.08. The van der Waals surface area contributed by atoms with Crippen molar-refractivity contribution in [1.82, 2.24) is 0 Å². The van der Waals surface area contributed by atoms with Crippen molar-refractivity contribution < 1.29 is 38.9 Å². The predicted molar refractivity (Wildman–Crippen MR) is 30.1 cm³/mol. The van der Waals surface area contributed by atoms with E-state index >= 15 is 0 Å². The van der Waals surface area contributed by atoms with Crippen LogP contribution in [0.4, 0.5) is 0 Å². The second-order valence-electron chi connectivity index (χ2n) is 1.51. The molecule has 0 amide bonds. The zero-order chi connectivity index (χ0) is 7.28. The second kappa shape index (κ2) is 7.12. The van der Waals surface area contributed by atoms with Crippen LogP contribution in [0.3, 0.4) is 0 Å². The fourth-order valence-corrected chi connectivity index (χ4v) is 0.257. The third kappa shape index (κ3) is 8.01. The van der Waals surface area contributed by atoms with Crippen molar-refractivity contribution in [1.29, 1.82) is 0 Å². The third-order valence-corrected chi connectivity index (χ3v) is 0.773. The molecular formula is C5H10O4Zn. The Morgan fingerprint density at radius 1 is 1.70 bits per heavy atom. The van der Waals surface area contributed by atoms with E-state index in [1.807, 2.05) is 0 Å². The molecule has 0 aliphatic heterocycles. The minimum atomic E-state index is -0.987. The first-order valence-electron chi connectivity index (χ1n) is 2.53. The summed E-state index contributed by atoms with van der Waals surface area (Å²) in [6, 6.07) is 0. The fraction of sp³-hybridized carbons (Fsp3) is 0.800. The van der Waals surface area contributed by atoms with Crippen LogP contribution in [-0.4, -0.2) is 31.1 Å². The van der Waals surface area contributed by atoms with Gasteiger partial charge in [-0.2, -0.15) is 0 Å². The maximum Gasteiger partial charge on any atom is 0.329 e. The van der Waals surface area contributed by atoms with Crippen molar-refractivity contribution in [2.24, 2.45) is 0 Å². The summed E-state index contributed by atoms with van der Waals surface area (Å²) in [4.78, 5) is 9.84. The Morgan fingerprint density at radius 3 is 2.50 bits per heavy atom. The summed E-state index contributed by atoms with van der Waals surface area (Å²) in [5.74, 6) is -0.987. The first-order valence-corrected chi connectivity index (χ1v) is 2.53. The van der Waals surface area contributed by atoms with Crippen LogP contribution in [0.25, 0.3) is 0 Å². The minimum Gasteiger partial charge on any atom is -0.480 e. The minimum absolute atomic E-state index is 0. The van der Waals surface area contributed by atoms with Gasteiger partial charge in [-0.05, 0) is 6.92 Å². The molecule has 0 saturated heterocycles. The molecule has 10 heavy (non-hydrogen) atoms. The summed E-state index contributed by atoms with van der Waals surface area (Å²) in [6.45, 7) is 1.32. The maximum atomic E-state index is 9.84. The van der Waals surface area contributed by atoms with Gasteiger partial charge in [0.2, 0.25) is 0 Å². The van der Waals surface area contributed by atoms with Gasteiger partial charge < -0.3 is 14.6 Å². The van der Waals surface area contributed by atoms with Crippen LogP contribution in [0.15, 0.2) is 0 Å². The number of carboxylic acids is 1. The van der Waals surface area contributed by atoms with Crippen molar-refractivity contribution >= 4 is 5.97 Å². The van der Waals surface area contributed by atoms with E-state index in [9.17, 15) is 4.79 Å². The van der Waals surface area contributed by atoms with E-state index in [0.29, 0.717) is 0 Å². The Hall–Kier alpha value is 0.0134. The molecular weight excluding hydrogens is 189 g/mol. The van der Waals surface area contributed by atoms with Gasteiger partial charge in [0.15, 0.2) is 6.29 Å². The number of rotatable bonds is 4. The molecule has 0 aromatic carbocycles. The molecule has 0 aliphatic rings. The first kappa shape index (κ1) is 12.7. The molecule has 0 radical (unpaired) electrons. The molecule has 0 aromatic rings. The first-order chi connectivity index (χ1) is 4.16. The Bertz CT molecular complexity index is 95.6. The molecule has 0 aromatic heterocycles. The van der Waals surface area contributed by atoms with Crippen LogP contribution in [0, 0.1) is 0 Å². The molecule has 0 heterocycles. The van der Waals surface area contributed by atoms with Gasteiger partial charge in [0.25, 0.3) is 0 Å². The molecule has 1 unspecified atom stereocenters. The van der Waals surface area contributed by atoms with E-state index < -0.39 is 12.3 Å². The number of ether oxygens (including phenoxy) is 2. The molecule has 0 saturated carbocycles. The van der Waals surface area contributed by atoms with Crippen LogP contribution < -0.4 is 0 Å². The molecule has 4 nitrogen and oxygen atoms in total. The molecule has 0 rings (SSSR count). The van der Waals surface area contributed by atoms with Gasteiger partial charge in [-0.3, -0.25) is 0 Å². The Labute approximate surface area is 72.3 Å². The topological polar surface area (TPSA) is 55.8 Å². The monoisotopic (exact) mass is 198 g/mol. The van der Waals surface area contributed by atoms with Crippen LogP contribution in [-0.2, 0) is 33.7 Å². The van der Waals surface area contributed by atoms with Crippen molar-refractivity contribution in [3.05, 3.63) is 0 Å². The Kier molecular flexibility index (Phi) is 9.03. The van der Waals surface area contributed by atoms with Crippen LogP contribution in [0.5, 0.6) is 0 Å². The Balaban J connectivity index is 0. The van der Waals surface area contributed by atoms with Gasteiger partial charge >= 0.3 is 5.97 Å². The number of hydrogen-bond donors (Lipinski definition) is 1.